The average molecular weight is 264 g/mol. The molecule has 0 saturated heterocycles. The van der Waals surface area contributed by atoms with E-state index in [0.717, 1.165) is 24.8 Å². The standard InChI is InChI=1S/C15H20O4/c1-9-8-11(13(17)12(16)10(9)2)15(14(18)19)6-4-3-5-7-15/h8,16-17H,3-7H2,1-2H3,(H,18,19). The second-order valence-electron chi connectivity index (χ2n) is 5.51. The third-order valence-electron chi connectivity index (χ3n) is 4.42. The topological polar surface area (TPSA) is 77.8 Å². The van der Waals surface area contributed by atoms with Crippen LogP contribution in [0.5, 0.6) is 11.5 Å². The van der Waals surface area contributed by atoms with Gasteiger partial charge in [-0.15, -0.1) is 0 Å². The van der Waals surface area contributed by atoms with Crippen molar-refractivity contribution in [3.63, 3.8) is 0 Å². The maximum atomic E-state index is 11.7. The molecule has 0 aliphatic heterocycles. The molecule has 0 unspecified atom stereocenters. The SMILES string of the molecule is Cc1cc(C2(C(=O)O)CCCCC2)c(O)c(O)c1C. The second-order valence-corrected chi connectivity index (χ2v) is 5.51. The fraction of sp³-hybridized carbons (Fsp3) is 0.533. The highest BCUT2D eigenvalue weighted by Gasteiger charge is 2.44. The zero-order valence-electron chi connectivity index (χ0n) is 11.4. The summed E-state index contributed by atoms with van der Waals surface area (Å²) in [5.41, 5.74) is 0.701. The molecule has 1 aromatic carbocycles. The molecule has 4 nitrogen and oxygen atoms in total. The van der Waals surface area contributed by atoms with Gasteiger partial charge in [0.2, 0.25) is 0 Å². The Labute approximate surface area is 112 Å². The van der Waals surface area contributed by atoms with E-state index in [1.165, 1.54) is 0 Å². The molecular weight excluding hydrogens is 244 g/mol. The number of phenols is 2. The number of aliphatic carboxylic acids is 1. The molecule has 1 aliphatic carbocycles. The largest absolute Gasteiger partial charge is 0.504 e. The van der Waals surface area contributed by atoms with E-state index in [9.17, 15) is 20.1 Å². The zero-order chi connectivity index (χ0) is 14.2. The maximum Gasteiger partial charge on any atom is 0.314 e. The summed E-state index contributed by atoms with van der Waals surface area (Å²) in [5.74, 6) is -1.38. The van der Waals surface area contributed by atoms with Gasteiger partial charge in [0.25, 0.3) is 0 Å². The van der Waals surface area contributed by atoms with Gasteiger partial charge in [-0.1, -0.05) is 25.3 Å². The van der Waals surface area contributed by atoms with Crippen LogP contribution in [0.3, 0.4) is 0 Å². The highest BCUT2D eigenvalue weighted by Crippen LogP contribution is 2.47. The molecule has 0 bridgehead atoms. The average Bonchev–Trinajstić information content (AvgIpc) is 2.41. The van der Waals surface area contributed by atoms with Crippen molar-refractivity contribution in [2.75, 3.05) is 0 Å². The van der Waals surface area contributed by atoms with Crippen LogP contribution in [0.2, 0.25) is 0 Å². The molecule has 0 heterocycles. The molecule has 0 atom stereocenters. The van der Waals surface area contributed by atoms with Crippen molar-refractivity contribution in [1.29, 1.82) is 0 Å². The van der Waals surface area contributed by atoms with E-state index in [1.807, 2.05) is 6.92 Å². The first-order valence-corrected chi connectivity index (χ1v) is 6.66. The molecule has 1 aromatic rings. The first-order valence-electron chi connectivity index (χ1n) is 6.66. The van der Waals surface area contributed by atoms with Gasteiger partial charge in [-0.3, -0.25) is 4.79 Å². The van der Waals surface area contributed by atoms with Crippen molar-refractivity contribution in [1.82, 2.24) is 0 Å². The molecule has 1 fully saturated rings. The summed E-state index contributed by atoms with van der Waals surface area (Å²) < 4.78 is 0. The van der Waals surface area contributed by atoms with Crippen LogP contribution in [0, 0.1) is 13.8 Å². The summed E-state index contributed by atoms with van der Waals surface area (Å²) in [6.07, 6.45) is 3.71. The van der Waals surface area contributed by atoms with Crippen molar-refractivity contribution in [2.24, 2.45) is 0 Å². The van der Waals surface area contributed by atoms with Gasteiger partial charge in [0, 0.05) is 5.56 Å². The number of aryl methyl sites for hydroxylation is 1. The van der Waals surface area contributed by atoms with E-state index in [4.69, 9.17) is 0 Å². The molecule has 2 rings (SSSR count). The van der Waals surface area contributed by atoms with E-state index < -0.39 is 11.4 Å². The number of aromatic hydroxyl groups is 2. The Kier molecular flexibility index (Phi) is 3.43. The number of rotatable bonds is 2. The highest BCUT2D eigenvalue weighted by atomic mass is 16.4. The predicted octanol–water partition coefficient (Wildman–Crippen LogP) is 3.00. The number of phenolic OH excluding ortho intramolecular Hbond substituents is 2. The second kappa shape index (κ2) is 4.76. The minimum absolute atomic E-state index is 0.193. The monoisotopic (exact) mass is 264 g/mol. The highest BCUT2D eigenvalue weighted by molar-refractivity contribution is 5.83. The Morgan fingerprint density at radius 1 is 1.11 bits per heavy atom. The normalized spacial score (nSPS) is 18.2. The van der Waals surface area contributed by atoms with E-state index in [1.54, 1.807) is 13.0 Å². The third-order valence-corrected chi connectivity index (χ3v) is 4.42. The Balaban J connectivity index is 2.64. The van der Waals surface area contributed by atoms with Crippen LogP contribution in [0.25, 0.3) is 0 Å². The van der Waals surface area contributed by atoms with Crippen molar-refractivity contribution in [3.05, 3.63) is 22.8 Å². The predicted molar refractivity (Wildman–Crippen MR) is 71.6 cm³/mol. The Bertz CT molecular complexity index is 513. The Morgan fingerprint density at radius 2 is 1.68 bits per heavy atom. The van der Waals surface area contributed by atoms with Crippen LogP contribution >= 0.6 is 0 Å². The number of hydrogen-bond acceptors (Lipinski definition) is 3. The van der Waals surface area contributed by atoms with Crippen molar-refractivity contribution < 1.29 is 20.1 Å². The van der Waals surface area contributed by atoms with Crippen molar-refractivity contribution >= 4 is 5.97 Å². The molecular formula is C15H20O4. The fourth-order valence-electron chi connectivity index (χ4n) is 3.00. The summed E-state index contributed by atoms with van der Waals surface area (Å²) >= 11 is 0. The van der Waals surface area contributed by atoms with E-state index >= 15 is 0 Å². The smallest absolute Gasteiger partial charge is 0.314 e. The molecule has 0 amide bonds. The number of benzene rings is 1. The van der Waals surface area contributed by atoms with Gasteiger partial charge in [0.1, 0.15) is 0 Å². The lowest BCUT2D eigenvalue weighted by Crippen LogP contribution is -2.38. The van der Waals surface area contributed by atoms with Gasteiger partial charge in [-0.05, 0) is 37.8 Å². The summed E-state index contributed by atoms with van der Waals surface area (Å²) in [7, 11) is 0. The van der Waals surface area contributed by atoms with Crippen molar-refractivity contribution in [3.8, 4) is 11.5 Å². The lowest BCUT2D eigenvalue weighted by atomic mass is 9.68. The molecule has 3 N–H and O–H groups in total. The molecule has 0 spiro atoms. The molecule has 19 heavy (non-hydrogen) atoms. The summed E-state index contributed by atoms with van der Waals surface area (Å²) in [4.78, 5) is 11.7. The van der Waals surface area contributed by atoms with E-state index in [-0.39, 0.29) is 11.5 Å². The molecule has 0 radical (unpaired) electrons. The number of hydrogen-bond donors (Lipinski definition) is 3. The molecule has 4 heteroatoms. The minimum Gasteiger partial charge on any atom is -0.504 e. The van der Waals surface area contributed by atoms with Crippen LogP contribution in [0.1, 0.15) is 48.8 Å². The molecule has 0 aromatic heterocycles. The van der Waals surface area contributed by atoms with Crippen molar-refractivity contribution in [2.45, 2.75) is 51.4 Å². The molecule has 104 valence electrons. The number of carboxylic acid groups (broad SMARTS) is 1. The van der Waals surface area contributed by atoms with Gasteiger partial charge >= 0.3 is 5.97 Å². The lowest BCUT2D eigenvalue weighted by molar-refractivity contribution is -0.145. The molecule has 1 aliphatic rings. The van der Waals surface area contributed by atoms with Crippen LogP contribution in [-0.4, -0.2) is 21.3 Å². The van der Waals surface area contributed by atoms with Gasteiger partial charge in [0.15, 0.2) is 11.5 Å². The fourth-order valence-corrected chi connectivity index (χ4v) is 3.00. The minimum atomic E-state index is -1.06. The zero-order valence-corrected chi connectivity index (χ0v) is 11.4. The summed E-state index contributed by atoms with van der Waals surface area (Å²) in [6, 6.07) is 1.71. The summed E-state index contributed by atoms with van der Waals surface area (Å²) in [5, 5.41) is 29.7. The summed E-state index contributed by atoms with van der Waals surface area (Å²) in [6.45, 7) is 3.53. The van der Waals surface area contributed by atoms with Crippen LogP contribution < -0.4 is 0 Å². The maximum absolute atomic E-state index is 11.7. The Morgan fingerprint density at radius 3 is 2.21 bits per heavy atom. The quantitative estimate of drug-likeness (QED) is 0.717. The lowest BCUT2D eigenvalue weighted by Gasteiger charge is -2.34. The van der Waals surface area contributed by atoms with Crippen LogP contribution in [0.15, 0.2) is 6.07 Å². The van der Waals surface area contributed by atoms with Gasteiger partial charge < -0.3 is 15.3 Å². The van der Waals surface area contributed by atoms with E-state index in [0.29, 0.717) is 24.0 Å². The number of carbonyl (C=O) groups is 1. The van der Waals surface area contributed by atoms with Gasteiger partial charge in [-0.2, -0.15) is 0 Å². The first-order chi connectivity index (χ1) is 8.90. The van der Waals surface area contributed by atoms with Crippen LogP contribution in [-0.2, 0) is 10.2 Å². The first kappa shape index (κ1) is 13.7. The van der Waals surface area contributed by atoms with Gasteiger partial charge in [0.05, 0.1) is 5.41 Å². The van der Waals surface area contributed by atoms with E-state index in [2.05, 4.69) is 0 Å². The number of carboxylic acids is 1. The van der Waals surface area contributed by atoms with Crippen LogP contribution in [0.4, 0.5) is 0 Å². The van der Waals surface area contributed by atoms with Gasteiger partial charge in [-0.25, -0.2) is 0 Å². The molecule has 1 saturated carbocycles. The third kappa shape index (κ3) is 2.05. The Hall–Kier alpha value is -1.71.